The quantitative estimate of drug-likeness (QED) is 0.646. The molecule has 0 aromatic carbocycles. The van der Waals surface area contributed by atoms with E-state index in [0.717, 1.165) is 17.1 Å². The molecule has 98 valence electrons. The zero-order valence-corrected chi connectivity index (χ0v) is 14.1. The van der Waals surface area contributed by atoms with E-state index in [0.29, 0.717) is 11.5 Å². The van der Waals surface area contributed by atoms with E-state index >= 15 is 0 Å². The molecule has 1 rings (SSSR count). The van der Waals surface area contributed by atoms with Crippen molar-refractivity contribution in [2.24, 2.45) is 5.41 Å². The minimum Gasteiger partial charge on any atom is -0.270 e. The van der Waals surface area contributed by atoms with E-state index in [1.54, 1.807) is 0 Å². The predicted molar refractivity (Wildman–Crippen MR) is 81.2 cm³/mol. The van der Waals surface area contributed by atoms with Gasteiger partial charge in [0.25, 0.3) is 0 Å². The SMILES string of the molecule is CCCC(CBr)(CBr)Cc1ccn(C(C)C)n1. The lowest BCUT2D eigenvalue weighted by Gasteiger charge is -2.28. The van der Waals surface area contributed by atoms with E-state index in [2.05, 4.69) is 70.0 Å². The normalized spacial score (nSPS) is 12.4. The fraction of sp³-hybridized carbons (Fsp3) is 0.769. The van der Waals surface area contributed by atoms with E-state index in [1.165, 1.54) is 18.5 Å². The van der Waals surface area contributed by atoms with Crippen molar-refractivity contribution >= 4 is 31.9 Å². The molecule has 0 amide bonds. The number of hydrogen-bond donors (Lipinski definition) is 0. The fourth-order valence-corrected chi connectivity index (χ4v) is 3.91. The van der Waals surface area contributed by atoms with Crippen LogP contribution in [0.25, 0.3) is 0 Å². The van der Waals surface area contributed by atoms with Crippen LogP contribution < -0.4 is 0 Å². The molecule has 0 saturated carbocycles. The molecule has 0 fully saturated rings. The van der Waals surface area contributed by atoms with Crippen molar-refractivity contribution in [3.63, 3.8) is 0 Å². The fourth-order valence-electron chi connectivity index (χ4n) is 2.03. The molecule has 2 nitrogen and oxygen atoms in total. The second-order valence-electron chi connectivity index (χ2n) is 5.07. The van der Waals surface area contributed by atoms with Crippen LogP contribution in [0.1, 0.15) is 45.3 Å². The van der Waals surface area contributed by atoms with Crippen LogP contribution in [-0.4, -0.2) is 20.4 Å². The van der Waals surface area contributed by atoms with Gasteiger partial charge in [0.05, 0.1) is 5.69 Å². The highest BCUT2D eigenvalue weighted by atomic mass is 79.9. The molecule has 0 spiro atoms. The van der Waals surface area contributed by atoms with Crippen LogP contribution in [0.4, 0.5) is 0 Å². The monoisotopic (exact) mass is 364 g/mol. The van der Waals surface area contributed by atoms with Crippen molar-refractivity contribution in [1.29, 1.82) is 0 Å². The third kappa shape index (κ3) is 4.09. The maximum Gasteiger partial charge on any atom is 0.0630 e. The summed E-state index contributed by atoms with van der Waals surface area (Å²) < 4.78 is 2.04. The van der Waals surface area contributed by atoms with Gasteiger partial charge in [0.15, 0.2) is 0 Å². The van der Waals surface area contributed by atoms with Gasteiger partial charge in [-0.25, -0.2) is 0 Å². The predicted octanol–water partition coefficient (Wildman–Crippen LogP) is 4.58. The van der Waals surface area contributed by atoms with Crippen LogP contribution in [0.5, 0.6) is 0 Å². The van der Waals surface area contributed by atoms with Crippen LogP contribution in [0.2, 0.25) is 0 Å². The van der Waals surface area contributed by atoms with Gasteiger partial charge in [-0.2, -0.15) is 5.10 Å². The maximum atomic E-state index is 4.65. The number of nitrogens with zero attached hydrogens (tertiary/aromatic N) is 2. The second kappa shape index (κ2) is 6.93. The molecule has 0 bridgehead atoms. The molecule has 0 aliphatic carbocycles. The lowest BCUT2D eigenvalue weighted by atomic mass is 9.83. The summed E-state index contributed by atoms with van der Waals surface area (Å²) in [6.07, 6.45) is 5.55. The van der Waals surface area contributed by atoms with Gasteiger partial charge in [-0.05, 0) is 38.2 Å². The Kier molecular flexibility index (Phi) is 6.21. The molecule has 1 heterocycles. The highest BCUT2D eigenvalue weighted by Crippen LogP contribution is 2.32. The third-order valence-electron chi connectivity index (χ3n) is 3.10. The topological polar surface area (TPSA) is 17.8 Å². The minimum atomic E-state index is 0.297. The Morgan fingerprint density at radius 3 is 2.41 bits per heavy atom. The highest BCUT2D eigenvalue weighted by Gasteiger charge is 2.28. The van der Waals surface area contributed by atoms with Crippen molar-refractivity contribution in [3.05, 3.63) is 18.0 Å². The Morgan fingerprint density at radius 2 is 2.00 bits per heavy atom. The van der Waals surface area contributed by atoms with Gasteiger partial charge >= 0.3 is 0 Å². The Bertz CT molecular complexity index is 330. The van der Waals surface area contributed by atoms with E-state index in [-0.39, 0.29) is 0 Å². The van der Waals surface area contributed by atoms with Crippen molar-refractivity contribution in [2.75, 3.05) is 10.7 Å². The zero-order valence-electron chi connectivity index (χ0n) is 10.9. The molecule has 0 unspecified atom stereocenters. The third-order valence-corrected chi connectivity index (χ3v) is 5.48. The molecule has 1 aromatic rings. The van der Waals surface area contributed by atoms with Crippen molar-refractivity contribution in [2.45, 2.75) is 46.1 Å². The van der Waals surface area contributed by atoms with Crippen LogP contribution in [-0.2, 0) is 6.42 Å². The maximum absolute atomic E-state index is 4.65. The van der Waals surface area contributed by atoms with Gasteiger partial charge < -0.3 is 0 Å². The summed E-state index contributed by atoms with van der Waals surface area (Å²) in [4.78, 5) is 0. The summed E-state index contributed by atoms with van der Waals surface area (Å²) in [6, 6.07) is 2.59. The van der Waals surface area contributed by atoms with Crippen LogP contribution in [0.15, 0.2) is 12.3 Å². The Hall–Kier alpha value is 0.170. The average molecular weight is 366 g/mol. The van der Waals surface area contributed by atoms with E-state index in [1.807, 2.05) is 4.68 Å². The van der Waals surface area contributed by atoms with Gasteiger partial charge in [0, 0.05) is 22.9 Å². The summed E-state index contributed by atoms with van der Waals surface area (Å²) in [5.41, 5.74) is 1.50. The van der Waals surface area contributed by atoms with Gasteiger partial charge in [-0.1, -0.05) is 45.2 Å². The molecular weight excluding hydrogens is 344 g/mol. The largest absolute Gasteiger partial charge is 0.270 e. The van der Waals surface area contributed by atoms with Crippen molar-refractivity contribution < 1.29 is 0 Å². The van der Waals surface area contributed by atoms with Gasteiger partial charge in [0.1, 0.15) is 0 Å². The Morgan fingerprint density at radius 1 is 1.35 bits per heavy atom. The number of halogens is 2. The van der Waals surface area contributed by atoms with Gasteiger partial charge in [-0.3, -0.25) is 4.68 Å². The molecule has 0 aliphatic rings. The smallest absolute Gasteiger partial charge is 0.0630 e. The van der Waals surface area contributed by atoms with Gasteiger partial charge in [0.2, 0.25) is 0 Å². The van der Waals surface area contributed by atoms with Crippen LogP contribution >= 0.6 is 31.9 Å². The first-order valence-corrected chi connectivity index (χ1v) is 8.47. The lowest BCUT2D eigenvalue weighted by Crippen LogP contribution is -2.27. The number of alkyl halides is 2. The highest BCUT2D eigenvalue weighted by molar-refractivity contribution is 9.09. The number of rotatable bonds is 7. The van der Waals surface area contributed by atoms with Gasteiger partial charge in [-0.15, -0.1) is 0 Å². The molecule has 0 N–H and O–H groups in total. The first-order chi connectivity index (χ1) is 8.06. The van der Waals surface area contributed by atoms with Crippen molar-refractivity contribution in [3.8, 4) is 0 Å². The molecular formula is C13H22Br2N2. The van der Waals surface area contributed by atoms with Crippen LogP contribution in [0.3, 0.4) is 0 Å². The standard InChI is InChI=1S/C13H22Br2N2/c1-4-6-13(9-14,10-15)8-12-5-7-17(16-12)11(2)3/h5,7,11H,4,6,8-10H2,1-3H3. The first-order valence-electron chi connectivity index (χ1n) is 6.23. The summed E-state index contributed by atoms with van der Waals surface area (Å²) in [7, 11) is 0. The molecule has 0 radical (unpaired) electrons. The number of aromatic nitrogens is 2. The lowest BCUT2D eigenvalue weighted by molar-refractivity contribution is 0.345. The Balaban J connectivity index is 2.78. The molecule has 1 aromatic heterocycles. The van der Waals surface area contributed by atoms with Crippen molar-refractivity contribution in [1.82, 2.24) is 9.78 Å². The first kappa shape index (κ1) is 15.2. The summed E-state index contributed by atoms with van der Waals surface area (Å²) >= 11 is 7.33. The molecule has 17 heavy (non-hydrogen) atoms. The molecule has 4 heteroatoms. The van der Waals surface area contributed by atoms with E-state index < -0.39 is 0 Å². The minimum absolute atomic E-state index is 0.297. The summed E-state index contributed by atoms with van der Waals surface area (Å²) in [6.45, 7) is 6.56. The molecule has 0 saturated heterocycles. The van der Waals surface area contributed by atoms with E-state index in [4.69, 9.17) is 0 Å². The van der Waals surface area contributed by atoms with E-state index in [9.17, 15) is 0 Å². The molecule has 0 aliphatic heterocycles. The summed E-state index contributed by atoms with van der Waals surface area (Å²) in [5, 5.41) is 6.69. The summed E-state index contributed by atoms with van der Waals surface area (Å²) in [5.74, 6) is 0. The van der Waals surface area contributed by atoms with Crippen LogP contribution in [0, 0.1) is 5.41 Å². The second-order valence-corrected chi connectivity index (χ2v) is 6.20. The number of hydrogen-bond acceptors (Lipinski definition) is 1. The Labute approximate surface area is 121 Å². The zero-order chi connectivity index (χ0) is 12.9. The molecule has 0 atom stereocenters. The average Bonchev–Trinajstić information content (AvgIpc) is 2.77.